The molecule has 0 radical (unpaired) electrons. The number of hydrogen-bond donors (Lipinski definition) is 1. The fraction of sp³-hybridized carbons (Fsp3) is 0.875. The van der Waals surface area contributed by atoms with E-state index < -0.39 is 0 Å². The molecule has 1 aliphatic rings. The van der Waals surface area contributed by atoms with E-state index in [0.717, 1.165) is 25.5 Å². The zero-order chi connectivity index (χ0) is 9.97. The highest BCUT2D eigenvalue weighted by Gasteiger charge is 2.20. The molecule has 1 aromatic heterocycles. The molecule has 0 bridgehead atoms. The maximum absolute atomic E-state index is 5.28. The van der Waals surface area contributed by atoms with Crippen molar-refractivity contribution in [3.05, 3.63) is 5.82 Å². The molecule has 14 heavy (non-hydrogen) atoms. The van der Waals surface area contributed by atoms with Crippen molar-refractivity contribution in [1.29, 1.82) is 0 Å². The van der Waals surface area contributed by atoms with Crippen molar-refractivity contribution in [3.8, 4) is 0 Å². The van der Waals surface area contributed by atoms with Crippen LogP contribution in [-0.4, -0.2) is 39.5 Å². The number of aryl methyl sites for hydroxylation is 1. The summed E-state index contributed by atoms with van der Waals surface area (Å²) >= 11 is 0. The number of nitrogens with one attached hydrogen (secondary N) is 1. The van der Waals surface area contributed by atoms with Gasteiger partial charge in [0, 0.05) is 19.7 Å². The Morgan fingerprint density at radius 1 is 1.64 bits per heavy atom. The molecule has 2 rings (SSSR count). The predicted molar refractivity (Wildman–Crippen MR) is 49.6 cm³/mol. The van der Waals surface area contributed by atoms with Crippen molar-refractivity contribution >= 4 is 0 Å². The first-order valence-corrected chi connectivity index (χ1v) is 4.83. The Hall–Kier alpha value is -1.01. The Kier molecular flexibility index (Phi) is 2.74. The van der Waals surface area contributed by atoms with Crippen LogP contribution in [0.1, 0.15) is 25.2 Å². The standard InChI is InChI=1S/C8H15N5O/c1-6(8-10-11-12-13(8)2)9-7-3-4-14-5-7/h6-7,9H,3-5H2,1-2H3. The summed E-state index contributed by atoms with van der Waals surface area (Å²) < 4.78 is 6.97. The van der Waals surface area contributed by atoms with E-state index in [-0.39, 0.29) is 6.04 Å². The summed E-state index contributed by atoms with van der Waals surface area (Å²) in [7, 11) is 1.85. The molecule has 0 aromatic carbocycles. The molecule has 0 aliphatic carbocycles. The SMILES string of the molecule is CC(NC1CCOC1)c1nnnn1C. The van der Waals surface area contributed by atoms with Gasteiger partial charge >= 0.3 is 0 Å². The fourth-order valence-electron chi connectivity index (χ4n) is 1.70. The van der Waals surface area contributed by atoms with E-state index in [4.69, 9.17) is 4.74 Å². The van der Waals surface area contributed by atoms with E-state index >= 15 is 0 Å². The Morgan fingerprint density at radius 3 is 3.07 bits per heavy atom. The van der Waals surface area contributed by atoms with Crippen LogP contribution in [0.5, 0.6) is 0 Å². The van der Waals surface area contributed by atoms with Crippen LogP contribution in [0.25, 0.3) is 0 Å². The summed E-state index contributed by atoms with van der Waals surface area (Å²) in [5, 5.41) is 14.8. The molecule has 2 heterocycles. The molecule has 1 fully saturated rings. The van der Waals surface area contributed by atoms with Gasteiger partial charge in [0.05, 0.1) is 12.6 Å². The highest BCUT2D eigenvalue weighted by Crippen LogP contribution is 2.11. The van der Waals surface area contributed by atoms with Gasteiger partial charge in [-0.1, -0.05) is 0 Å². The minimum atomic E-state index is 0.168. The first kappa shape index (κ1) is 9.54. The molecular formula is C8H15N5O. The average Bonchev–Trinajstić information content (AvgIpc) is 2.75. The first-order chi connectivity index (χ1) is 6.77. The molecular weight excluding hydrogens is 182 g/mol. The van der Waals surface area contributed by atoms with E-state index in [1.165, 1.54) is 0 Å². The molecule has 1 aromatic rings. The van der Waals surface area contributed by atoms with Gasteiger partial charge in [-0.15, -0.1) is 5.10 Å². The Morgan fingerprint density at radius 2 is 2.50 bits per heavy atom. The summed E-state index contributed by atoms with van der Waals surface area (Å²) in [4.78, 5) is 0. The molecule has 2 unspecified atom stereocenters. The van der Waals surface area contributed by atoms with Gasteiger partial charge in [-0.2, -0.15) is 0 Å². The van der Waals surface area contributed by atoms with Crippen LogP contribution in [0.4, 0.5) is 0 Å². The zero-order valence-electron chi connectivity index (χ0n) is 8.47. The van der Waals surface area contributed by atoms with Crippen LogP contribution in [0.15, 0.2) is 0 Å². The van der Waals surface area contributed by atoms with Crippen molar-refractivity contribution in [2.24, 2.45) is 7.05 Å². The van der Waals surface area contributed by atoms with E-state index in [1.54, 1.807) is 4.68 Å². The van der Waals surface area contributed by atoms with Crippen LogP contribution < -0.4 is 5.32 Å². The van der Waals surface area contributed by atoms with Crippen LogP contribution in [0.2, 0.25) is 0 Å². The maximum atomic E-state index is 5.28. The second-order valence-corrected chi connectivity index (χ2v) is 3.61. The quantitative estimate of drug-likeness (QED) is 0.717. The highest BCUT2D eigenvalue weighted by atomic mass is 16.5. The fourth-order valence-corrected chi connectivity index (χ4v) is 1.70. The Balaban J connectivity index is 1.95. The normalized spacial score (nSPS) is 24.0. The molecule has 0 spiro atoms. The number of tetrazole rings is 1. The molecule has 0 saturated carbocycles. The van der Waals surface area contributed by atoms with Gasteiger partial charge in [0.1, 0.15) is 0 Å². The third-order valence-electron chi connectivity index (χ3n) is 2.46. The van der Waals surface area contributed by atoms with E-state index in [0.29, 0.717) is 6.04 Å². The lowest BCUT2D eigenvalue weighted by atomic mass is 10.2. The van der Waals surface area contributed by atoms with Gasteiger partial charge in [-0.25, -0.2) is 4.68 Å². The van der Waals surface area contributed by atoms with Crippen molar-refractivity contribution in [2.75, 3.05) is 13.2 Å². The number of rotatable bonds is 3. The van der Waals surface area contributed by atoms with Gasteiger partial charge in [-0.3, -0.25) is 0 Å². The van der Waals surface area contributed by atoms with Gasteiger partial charge in [0.25, 0.3) is 0 Å². The monoisotopic (exact) mass is 197 g/mol. The summed E-state index contributed by atoms with van der Waals surface area (Å²) in [6.45, 7) is 3.70. The Labute approximate surface area is 82.6 Å². The second-order valence-electron chi connectivity index (χ2n) is 3.61. The van der Waals surface area contributed by atoms with Crippen LogP contribution >= 0.6 is 0 Å². The molecule has 0 amide bonds. The second kappa shape index (κ2) is 4.02. The van der Waals surface area contributed by atoms with Crippen molar-refractivity contribution in [1.82, 2.24) is 25.5 Å². The third-order valence-corrected chi connectivity index (χ3v) is 2.46. The summed E-state index contributed by atoms with van der Waals surface area (Å²) in [5.41, 5.74) is 0. The molecule has 2 atom stereocenters. The third kappa shape index (κ3) is 1.91. The summed E-state index contributed by atoms with van der Waals surface area (Å²) in [6, 6.07) is 0.600. The number of ether oxygens (including phenoxy) is 1. The Bertz CT molecular complexity index is 294. The smallest absolute Gasteiger partial charge is 0.167 e. The molecule has 6 heteroatoms. The van der Waals surface area contributed by atoms with Crippen LogP contribution in [0, 0.1) is 0 Å². The van der Waals surface area contributed by atoms with Crippen LogP contribution in [-0.2, 0) is 11.8 Å². The molecule has 1 saturated heterocycles. The van der Waals surface area contributed by atoms with Gasteiger partial charge in [0.15, 0.2) is 5.82 Å². The number of aromatic nitrogens is 4. The molecule has 1 N–H and O–H groups in total. The molecule has 6 nitrogen and oxygen atoms in total. The minimum absolute atomic E-state index is 0.168. The van der Waals surface area contributed by atoms with E-state index in [1.807, 2.05) is 7.05 Å². The van der Waals surface area contributed by atoms with Crippen molar-refractivity contribution < 1.29 is 4.74 Å². The first-order valence-electron chi connectivity index (χ1n) is 4.83. The zero-order valence-corrected chi connectivity index (χ0v) is 8.47. The van der Waals surface area contributed by atoms with Crippen LogP contribution in [0.3, 0.4) is 0 Å². The van der Waals surface area contributed by atoms with Gasteiger partial charge in [0.2, 0.25) is 0 Å². The average molecular weight is 197 g/mol. The number of hydrogen-bond acceptors (Lipinski definition) is 5. The largest absolute Gasteiger partial charge is 0.380 e. The van der Waals surface area contributed by atoms with Crippen molar-refractivity contribution in [2.45, 2.75) is 25.4 Å². The summed E-state index contributed by atoms with van der Waals surface area (Å²) in [6.07, 6.45) is 1.07. The minimum Gasteiger partial charge on any atom is -0.380 e. The molecule has 1 aliphatic heterocycles. The maximum Gasteiger partial charge on any atom is 0.167 e. The lowest BCUT2D eigenvalue weighted by molar-refractivity contribution is 0.188. The van der Waals surface area contributed by atoms with Gasteiger partial charge < -0.3 is 10.1 Å². The predicted octanol–water partition coefficient (Wildman–Crippen LogP) is -0.350. The summed E-state index contributed by atoms with van der Waals surface area (Å²) in [5.74, 6) is 0.858. The van der Waals surface area contributed by atoms with E-state index in [2.05, 4.69) is 27.8 Å². The topological polar surface area (TPSA) is 64.9 Å². The lowest BCUT2D eigenvalue weighted by Gasteiger charge is -2.16. The van der Waals surface area contributed by atoms with E-state index in [9.17, 15) is 0 Å². The van der Waals surface area contributed by atoms with Gasteiger partial charge in [-0.05, 0) is 23.8 Å². The number of nitrogens with zero attached hydrogens (tertiary/aromatic N) is 4. The highest BCUT2D eigenvalue weighted by molar-refractivity contribution is 4.90. The molecule has 78 valence electrons. The lowest BCUT2D eigenvalue weighted by Crippen LogP contribution is -2.33. The van der Waals surface area contributed by atoms with Crippen molar-refractivity contribution in [3.63, 3.8) is 0 Å².